The molecule has 1 atom stereocenters. The van der Waals surface area contributed by atoms with Crippen LogP contribution >= 0.6 is 0 Å². The molecular weight excluding hydrogens is 362 g/mol. The second-order valence-electron chi connectivity index (χ2n) is 7.04. The molecule has 1 amide bonds. The molecule has 146 valence electrons. The summed E-state index contributed by atoms with van der Waals surface area (Å²) < 4.78 is 0. The fraction of sp³-hybridized carbons (Fsp3) is 0.200. The molecule has 0 spiro atoms. The summed E-state index contributed by atoms with van der Waals surface area (Å²) in [7, 11) is 0. The van der Waals surface area contributed by atoms with Crippen molar-refractivity contribution >= 4 is 28.3 Å². The predicted molar refractivity (Wildman–Crippen MR) is 116 cm³/mol. The van der Waals surface area contributed by atoms with Crippen molar-refractivity contribution in [2.24, 2.45) is 0 Å². The average Bonchev–Trinajstić information content (AvgIpc) is 2.73. The van der Waals surface area contributed by atoms with Gasteiger partial charge in [-0.3, -0.25) is 9.59 Å². The lowest BCUT2D eigenvalue weighted by Crippen LogP contribution is -2.20. The van der Waals surface area contributed by atoms with Gasteiger partial charge < -0.3 is 10.4 Å². The molecule has 0 heterocycles. The van der Waals surface area contributed by atoms with Crippen molar-refractivity contribution in [1.82, 2.24) is 0 Å². The molecule has 0 aromatic heterocycles. The Morgan fingerprint density at radius 2 is 1.86 bits per heavy atom. The van der Waals surface area contributed by atoms with E-state index in [1.54, 1.807) is 12.1 Å². The summed E-state index contributed by atoms with van der Waals surface area (Å²) in [6, 6.07) is 19.4. The number of carboxylic acids is 1. The van der Waals surface area contributed by atoms with Gasteiger partial charge in [-0.25, -0.2) is 0 Å². The molecule has 3 aromatic rings. The van der Waals surface area contributed by atoms with Crippen molar-refractivity contribution in [2.75, 3.05) is 5.32 Å². The van der Waals surface area contributed by atoms with Crippen LogP contribution in [0, 0.1) is 12.3 Å². The van der Waals surface area contributed by atoms with E-state index in [2.05, 4.69) is 11.2 Å². The second kappa shape index (κ2) is 9.07. The van der Waals surface area contributed by atoms with Crippen LogP contribution in [0.25, 0.3) is 10.8 Å². The first kappa shape index (κ1) is 20.2. The van der Waals surface area contributed by atoms with Crippen molar-refractivity contribution < 1.29 is 14.7 Å². The Morgan fingerprint density at radius 1 is 1.10 bits per heavy atom. The van der Waals surface area contributed by atoms with Gasteiger partial charge in [0, 0.05) is 17.7 Å². The number of rotatable bonds is 7. The molecule has 4 nitrogen and oxygen atoms in total. The van der Waals surface area contributed by atoms with Crippen LogP contribution in [0.4, 0.5) is 5.69 Å². The first-order valence-electron chi connectivity index (χ1n) is 9.59. The quantitative estimate of drug-likeness (QED) is 0.564. The van der Waals surface area contributed by atoms with Gasteiger partial charge in [-0.2, -0.15) is 0 Å². The summed E-state index contributed by atoms with van der Waals surface area (Å²) in [5.74, 6) is 1.26. The Balaban J connectivity index is 1.85. The molecule has 0 saturated heterocycles. The van der Waals surface area contributed by atoms with Crippen molar-refractivity contribution in [3.63, 3.8) is 0 Å². The zero-order valence-electron chi connectivity index (χ0n) is 16.3. The Hall–Kier alpha value is -3.58. The average molecular weight is 385 g/mol. The van der Waals surface area contributed by atoms with Crippen molar-refractivity contribution in [1.29, 1.82) is 0 Å². The number of nitrogens with one attached hydrogen (secondary N) is 1. The summed E-state index contributed by atoms with van der Waals surface area (Å²) in [5.41, 5.74) is 3.15. The SMILES string of the molecule is C#Cc1ccc(CCCC(=O)O)c(NC(=O)C(C)c2cccc3ccccc23)c1. The van der Waals surface area contributed by atoms with Crippen molar-refractivity contribution in [3.8, 4) is 12.3 Å². The molecule has 0 aliphatic heterocycles. The maximum absolute atomic E-state index is 13.0. The summed E-state index contributed by atoms with van der Waals surface area (Å²) in [6.45, 7) is 1.88. The lowest BCUT2D eigenvalue weighted by atomic mass is 9.94. The molecular formula is C25H23NO3. The van der Waals surface area contributed by atoms with Crippen molar-refractivity contribution in [2.45, 2.75) is 32.1 Å². The Kier molecular flexibility index (Phi) is 6.31. The standard InChI is InChI=1S/C25H23NO3/c1-3-18-14-15-20(10-7-13-24(27)28)23(16-18)26-25(29)17(2)21-12-6-9-19-8-4-5-11-22(19)21/h1,4-6,8-9,11-12,14-17H,7,10,13H2,2H3,(H,26,29)(H,27,28). The van der Waals surface area contributed by atoms with Gasteiger partial charge in [-0.1, -0.05) is 54.5 Å². The van der Waals surface area contributed by atoms with E-state index in [9.17, 15) is 9.59 Å². The predicted octanol–water partition coefficient (Wildman–Crippen LogP) is 4.97. The van der Waals surface area contributed by atoms with Gasteiger partial charge in [0.1, 0.15) is 0 Å². The van der Waals surface area contributed by atoms with Gasteiger partial charge in [-0.05, 0) is 53.8 Å². The minimum absolute atomic E-state index is 0.0800. The molecule has 4 heteroatoms. The Bertz CT molecular complexity index is 1090. The summed E-state index contributed by atoms with van der Waals surface area (Å²) in [5, 5.41) is 14.0. The third-order valence-electron chi connectivity index (χ3n) is 5.05. The minimum atomic E-state index is -0.833. The van der Waals surface area contributed by atoms with Crippen LogP contribution in [0.3, 0.4) is 0 Å². The molecule has 0 radical (unpaired) electrons. The van der Waals surface area contributed by atoms with Crippen molar-refractivity contribution in [3.05, 3.63) is 77.4 Å². The molecule has 3 rings (SSSR count). The molecule has 0 aliphatic rings. The topological polar surface area (TPSA) is 66.4 Å². The zero-order valence-corrected chi connectivity index (χ0v) is 16.3. The van der Waals surface area contributed by atoms with Crippen LogP contribution in [0.2, 0.25) is 0 Å². The van der Waals surface area contributed by atoms with Crippen LogP contribution in [-0.2, 0) is 16.0 Å². The molecule has 1 unspecified atom stereocenters. The van der Waals surface area contributed by atoms with Gasteiger partial charge in [-0.15, -0.1) is 6.42 Å². The highest BCUT2D eigenvalue weighted by atomic mass is 16.4. The first-order chi connectivity index (χ1) is 14.0. The third-order valence-corrected chi connectivity index (χ3v) is 5.05. The summed E-state index contributed by atoms with van der Waals surface area (Å²) >= 11 is 0. The third kappa shape index (κ3) is 4.83. The number of amides is 1. The van der Waals surface area contributed by atoms with E-state index in [0.717, 1.165) is 21.9 Å². The van der Waals surface area contributed by atoms with Crippen LogP contribution in [0.5, 0.6) is 0 Å². The second-order valence-corrected chi connectivity index (χ2v) is 7.04. The van der Waals surface area contributed by atoms with Gasteiger partial charge >= 0.3 is 5.97 Å². The highest BCUT2D eigenvalue weighted by Gasteiger charge is 2.19. The fourth-order valence-electron chi connectivity index (χ4n) is 3.44. The molecule has 2 N–H and O–H groups in total. The normalized spacial score (nSPS) is 11.6. The van der Waals surface area contributed by atoms with E-state index in [1.807, 2.05) is 55.5 Å². The number of carbonyl (C=O) groups excluding carboxylic acids is 1. The van der Waals surface area contributed by atoms with Crippen LogP contribution in [0.15, 0.2) is 60.7 Å². The number of anilines is 1. The smallest absolute Gasteiger partial charge is 0.303 e. The number of hydrogen-bond donors (Lipinski definition) is 2. The number of terminal acetylenes is 1. The molecule has 0 aliphatic carbocycles. The number of hydrogen-bond acceptors (Lipinski definition) is 2. The largest absolute Gasteiger partial charge is 0.481 e. The van der Waals surface area contributed by atoms with E-state index in [-0.39, 0.29) is 18.2 Å². The summed E-state index contributed by atoms with van der Waals surface area (Å²) in [4.78, 5) is 23.8. The van der Waals surface area contributed by atoms with Gasteiger partial charge in [0.15, 0.2) is 0 Å². The molecule has 0 fully saturated rings. The Labute approximate surface area is 170 Å². The van der Waals surface area contributed by atoms with Gasteiger partial charge in [0.25, 0.3) is 0 Å². The maximum atomic E-state index is 13.0. The molecule has 0 bridgehead atoms. The zero-order chi connectivity index (χ0) is 20.8. The lowest BCUT2D eigenvalue weighted by molar-refractivity contribution is -0.137. The Morgan fingerprint density at radius 3 is 2.62 bits per heavy atom. The fourth-order valence-corrected chi connectivity index (χ4v) is 3.44. The monoisotopic (exact) mass is 385 g/mol. The highest BCUT2D eigenvalue weighted by Crippen LogP contribution is 2.28. The number of benzene rings is 3. The number of aliphatic carboxylic acids is 1. The van der Waals surface area contributed by atoms with Crippen LogP contribution in [0.1, 0.15) is 42.4 Å². The summed E-state index contributed by atoms with van der Waals surface area (Å²) in [6.07, 6.45) is 6.64. The molecule has 29 heavy (non-hydrogen) atoms. The van der Waals surface area contributed by atoms with Crippen LogP contribution in [-0.4, -0.2) is 17.0 Å². The highest BCUT2D eigenvalue weighted by molar-refractivity contribution is 5.99. The molecule has 3 aromatic carbocycles. The number of carbonyl (C=O) groups is 2. The number of fused-ring (bicyclic) bond motifs is 1. The molecule has 0 saturated carbocycles. The van der Waals surface area contributed by atoms with E-state index < -0.39 is 5.97 Å². The number of carboxylic acid groups (broad SMARTS) is 1. The van der Waals surface area contributed by atoms with E-state index in [0.29, 0.717) is 24.1 Å². The minimum Gasteiger partial charge on any atom is -0.481 e. The maximum Gasteiger partial charge on any atom is 0.303 e. The van der Waals surface area contributed by atoms with E-state index in [1.165, 1.54) is 0 Å². The lowest BCUT2D eigenvalue weighted by Gasteiger charge is -2.17. The van der Waals surface area contributed by atoms with E-state index >= 15 is 0 Å². The van der Waals surface area contributed by atoms with E-state index in [4.69, 9.17) is 11.5 Å². The van der Waals surface area contributed by atoms with Gasteiger partial charge in [0.2, 0.25) is 5.91 Å². The van der Waals surface area contributed by atoms with Crippen LogP contribution < -0.4 is 5.32 Å². The van der Waals surface area contributed by atoms with Gasteiger partial charge in [0.05, 0.1) is 5.92 Å². The first-order valence-corrected chi connectivity index (χ1v) is 9.59. The number of aryl methyl sites for hydroxylation is 1.